The zero-order chi connectivity index (χ0) is 17.3. The average molecular weight is 449 g/mol. The summed E-state index contributed by atoms with van der Waals surface area (Å²) in [5.74, 6) is 0.891. The number of fused-ring (bicyclic) bond motifs is 1. The van der Waals surface area contributed by atoms with Gasteiger partial charge in [-0.1, -0.05) is 0 Å². The van der Waals surface area contributed by atoms with Crippen molar-refractivity contribution >= 4 is 15.9 Å². The predicted octanol–water partition coefficient (Wildman–Crippen LogP) is -0.00900. The molecule has 0 spiro atoms. The van der Waals surface area contributed by atoms with Gasteiger partial charge in [-0.25, -0.2) is 0 Å². The summed E-state index contributed by atoms with van der Waals surface area (Å²) in [6, 6.07) is 6.99. The first kappa shape index (κ1) is 17.2. The molecule has 2 aliphatic heterocycles. The fourth-order valence-electron chi connectivity index (χ4n) is 3.90. The summed E-state index contributed by atoms with van der Waals surface area (Å²) in [5.41, 5.74) is 5.67. The van der Waals surface area contributed by atoms with E-state index in [1.807, 2.05) is 0 Å². The van der Waals surface area contributed by atoms with Crippen molar-refractivity contribution in [3.8, 4) is 0 Å². The summed E-state index contributed by atoms with van der Waals surface area (Å²) in [4.78, 5) is 11.9. The molecule has 2 heterocycles. The van der Waals surface area contributed by atoms with Crippen LogP contribution < -0.4 is 26.5 Å². The molecule has 0 amide bonds. The van der Waals surface area contributed by atoms with Gasteiger partial charge in [-0.3, -0.25) is 0 Å². The van der Waals surface area contributed by atoms with Crippen molar-refractivity contribution in [2.45, 2.75) is 38.5 Å². The first-order valence-electron chi connectivity index (χ1n) is 9.16. The van der Waals surface area contributed by atoms with Gasteiger partial charge in [-0.05, 0) is 0 Å². The number of nitrogens with zero attached hydrogens (tertiary/aromatic N) is 3. The maximum absolute atomic E-state index is 4.97. The summed E-state index contributed by atoms with van der Waals surface area (Å²) in [5, 5.41) is 3.40. The molecule has 0 atom stereocenters. The summed E-state index contributed by atoms with van der Waals surface area (Å²) in [7, 11) is 0. The Morgan fingerprint density at radius 2 is 2.04 bits per heavy atom. The Labute approximate surface area is 160 Å². The monoisotopic (exact) mass is 449 g/mol. The van der Waals surface area contributed by atoms with E-state index in [4.69, 9.17) is 4.99 Å². The zero-order valence-electron chi connectivity index (χ0n) is 15.1. The zero-order valence-corrected chi connectivity index (χ0v) is 17.2. The van der Waals surface area contributed by atoms with E-state index >= 15 is 0 Å². The number of aliphatic imine (C=N–C) groups is 2. The molecule has 4 nitrogen and oxygen atoms in total. The molecule has 0 radical (unpaired) electrons. The molecule has 1 N–H and O–H groups in total. The molecule has 1 aliphatic carbocycles. The van der Waals surface area contributed by atoms with E-state index in [0.29, 0.717) is 0 Å². The third kappa shape index (κ3) is 3.67. The van der Waals surface area contributed by atoms with Crippen molar-refractivity contribution in [3.05, 3.63) is 39.0 Å². The van der Waals surface area contributed by atoms with Crippen LogP contribution in [0.1, 0.15) is 43.4 Å². The molecule has 0 aromatic heterocycles. The van der Waals surface area contributed by atoms with Crippen molar-refractivity contribution in [1.82, 2.24) is 10.2 Å². The number of halogens is 1. The number of aryl methyl sites for hydroxylation is 1. The van der Waals surface area contributed by atoms with Crippen LogP contribution in [0.2, 0.25) is 0 Å². The van der Waals surface area contributed by atoms with Crippen LogP contribution in [0, 0.1) is 0 Å². The first-order valence-corrected chi connectivity index (χ1v) is 11.7. The Morgan fingerprint density at radius 1 is 1.20 bits per heavy atom. The van der Waals surface area contributed by atoms with E-state index in [9.17, 15) is 0 Å². The Balaban J connectivity index is 1.68. The summed E-state index contributed by atoms with van der Waals surface area (Å²) in [6.07, 6.45) is 3.78. The van der Waals surface area contributed by atoms with Crippen molar-refractivity contribution in [3.63, 3.8) is 0 Å². The van der Waals surface area contributed by atoms with Crippen LogP contribution in [-0.4, -0.2) is 41.3 Å². The van der Waals surface area contributed by atoms with Crippen LogP contribution >= 0.6 is 0 Å². The molecule has 5 heteroatoms. The quantitative estimate of drug-likeness (QED) is 0.613. The van der Waals surface area contributed by atoms with Gasteiger partial charge in [0.1, 0.15) is 0 Å². The second-order valence-electron chi connectivity index (χ2n) is 7.61. The van der Waals surface area contributed by atoms with Gasteiger partial charge < -0.3 is 0 Å². The number of rotatable bonds is 1. The summed E-state index contributed by atoms with van der Waals surface area (Å²) in [6.45, 7) is 8.74. The van der Waals surface area contributed by atoms with Gasteiger partial charge in [-0.15, -0.1) is 0 Å². The molecule has 0 saturated carbocycles. The van der Waals surface area contributed by atoms with Crippen molar-refractivity contribution in [1.29, 1.82) is 0 Å². The second kappa shape index (κ2) is 7.19. The van der Waals surface area contributed by atoms with Crippen molar-refractivity contribution < 1.29 is 21.2 Å². The van der Waals surface area contributed by atoms with Gasteiger partial charge in [0.25, 0.3) is 0 Å². The number of hydrogen-bond acceptors (Lipinski definition) is 4. The number of hydrogen-bond donors (Lipinski definition) is 1. The second-order valence-corrected chi connectivity index (χ2v) is 9.50. The molecule has 0 unspecified atom stereocenters. The summed E-state index contributed by atoms with van der Waals surface area (Å²) < 4.78 is 4.41. The fraction of sp³-hybridized carbons (Fsp3) is 0.500. The van der Waals surface area contributed by atoms with E-state index < -0.39 is 0 Å². The minimum absolute atomic E-state index is 0.176. The number of guanidine groups is 1. The fourth-order valence-corrected chi connectivity index (χ4v) is 5.31. The first-order chi connectivity index (χ1) is 12.1. The molecule has 4 rings (SSSR count). The molecule has 25 heavy (non-hydrogen) atoms. The predicted molar refractivity (Wildman–Crippen MR) is 101 cm³/mol. The molecule has 1 fully saturated rings. The third-order valence-electron chi connectivity index (χ3n) is 5.39. The van der Waals surface area contributed by atoms with E-state index in [1.165, 1.54) is 36.0 Å². The van der Waals surface area contributed by atoms with E-state index in [0.717, 1.165) is 37.8 Å². The minimum atomic E-state index is -0.176. The van der Waals surface area contributed by atoms with Crippen molar-refractivity contribution in [2.75, 3.05) is 26.2 Å². The average Bonchev–Trinajstić information content (AvgIpc) is 2.88. The van der Waals surface area contributed by atoms with Gasteiger partial charge in [0.05, 0.1) is 0 Å². The Kier molecular flexibility index (Phi) is 4.95. The molecule has 3 aliphatic rings. The van der Waals surface area contributed by atoms with Gasteiger partial charge in [0.2, 0.25) is 0 Å². The third-order valence-corrected chi connectivity index (χ3v) is 6.94. The molecule has 134 valence electrons. The van der Waals surface area contributed by atoms with Crippen LogP contribution in [0.3, 0.4) is 0 Å². The molecular weight excluding hydrogens is 423 g/mol. The molecule has 1 aromatic rings. The number of nitrogens with one attached hydrogen (secondary N) is 1. The SMILES string of the molecule is CC1(C)CCCc2ccc(C3=C[I-]C=NC(N4CCNCC4)=N3)cc21. The van der Waals surface area contributed by atoms with E-state index in [-0.39, 0.29) is 26.6 Å². The maximum atomic E-state index is 4.97. The molecule has 1 saturated heterocycles. The van der Waals surface area contributed by atoms with Crippen LogP contribution in [0.25, 0.3) is 5.70 Å². The van der Waals surface area contributed by atoms with Crippen LogP contribution in [-0.2, 0) is 11.8 Å². The van der Waals surface area contributed by atoms with E-state index in [2.05, 4.69) is 55.6 Å². The molecule has 1 aromatic carbocycles. The Hall–Kier alpha value is -1.21. The van der Waals surface area contributed by atoms with Crippen LogP contribution in [0.5, 0.6) is 0 Å². The van der Waals surface area contributed by atoms with Gasteiger partial charge in [0.15, 0.2) is 0 Å². The topological polar surface area (TPSA) is 40.0 Å². The van der Waals surface area contributed by atoms with Gasteiger partial charge in [0, 0.05) is 0 Å². The summed E-state index contributed by atoms with van der Waals surface area (Å²) >= 11 is -0.176. The Morgan fingerprint density at radius 3 is 2.88 bits per heavy atom. The Bertz CT molecular complexity index is 742. The van der Waals surface area contributed by atoms with Gasteiger partial charge >= 0.3 is 161 Å². The number of piperazine rings is 1. The van der Waals surface area contributed by atoms with Crippen LogP contribution in [0.15, 0.2) is 32.3 Å². The molecule has 0 bridgehead atoms. The van der Waals surface area contributed by atoms with E-state index in [1.54, 1.807) is 0 Å². The van der Waals surface area contributed by atoms with Gasteiger partial charge in [-0.2, -0.15) is 0 Å². The van der Waals surface area contributed by atoms with Crippen molar-refractivity contribution in [2.24, 2.45) is 9.98 Å². The standard InChI is InChI=1S/C20H26IN4/c1-20(2)7-3-4-15-5-6-16(12-17(15)20)18-13-21-14-23-19(24-18)25-10-8-22-9-11-25/h5-6,12-14,22H,3-4,7-11H2,1-2H3/q-1. The van der Waals surface area contributed by atoms with Crippen LogP contribution in [0.4, 0.5) is 0 Å². The normalized spacial score (nSPS) is 23.0. The number of benzene rings is 1. The molecular formula is C20H26IN4-.